The van der Waals surface area contributed by atoms with Crippen LogP contribution in [0.2, 0.25) is 0 Å². The van der Waals surface area contributed by atoms with Gasteiger partial charge in [-0.15, -0.1) is 11.3 Å². The largest absolute Gasteiger partial charge is 0.393 e. The van der Waals surface area contributed by atoms with Crippen molar-refractivity contribution in [1.82, 2.24) is 0 Å². The van der Waals surface area contributed by atoms with Crippen molar-refractivity contribution in [2.24, 2.45) is 5.92 Å². The van der Waals surface area contributed by atoms with E-state index in [2.05, 4.69) is 0 Å². The van der Waals surface area contributed by atoms with Crippen molar-refractivity contribution in [3.05, 3.63) is 47.4 Å². The van der Waals surface area contributed by atoms with Gasteiger partial charge in [-0.25, -0.2) is 0 Å². The van der Waals surface area contributed by atoms with Gasteiger partial charge in [-0.1, -0.05) is 30.4 Å². The third kappa shape index (κ3) is 2.68. The molecule has 0 aliphatic heterocycles. The maximum atomic E-state index is 11.6. The summed E-state index contributed by atoms with van der Waals surface area (Å²) in [4.78, 5) is 12.5. The first-order valence-corrected chi connectivity index (χ1v) is 7.51. The van der Waals surface area contributed by atoms with Crippen LogP contribution in [0.3, 0.4) is 0 Å². The molecule has 2 N–H and O–H groups in total. The van der Waals surface area contributed by atoms with Crippen LogP contribution in [0.5, 0.6) is 0 Å². The van der Waals surface area contributed by atoms with E-state index < -0.39 is 12.2 Å². The van der Waals surface area contributed by atoms with Crippen LogP contribution >= 0.6 is 11.3 Å². The summed E-state index contributed by atoms with van der Waals surface area (Å²) < 4.78 is 1.14. The number of thiophene rings is 1. The van der Waals surface area contributed by atoms with E-state index in [1.807, 2.05) is 30.3 Å². The predicted octanol–water partition coefficient (Wildman–Crippen LogP) is 2.83. The van der Waals surface area contributed by atoms with E-state index in [-0.39, 0.29) is 18.1 Å². The zero-order valence-electron chi connectivity index (χ0n) is 10.9. The number of carbonyl (C=O) groups is 1. The van der Waals surface area contributed by atoms with Crippen LogP contribution in [0.1, 0.15) is 23.8 Å². The molecule has 1 aliphatic rings. The Morgan fingerprint density at radius 2 is 2.15 bits per heavy atom. The quantitative estimate of drug-likeness (QED) is 0.854. The zero-order valence-corrected chi connectivity index (χ0v) is 11.7. The van der Waals surface area contributed by atoms with Gasteiger partial charge in [0.1, 0.15) is 11.9 Å². The first-order valence-electron chi connectivity index (χ1n) is 6.69. The number of rotatable bonds is 3. The molecule has 2 aromatic rings. The van der Waals surface area contributed by atoms with Gasteiger partial charge < -0.3 is 10.2 Å². The highest BCUT2D eigenvalue weighted by molar-refractivity contribution is 7.19. The molecule has 3 rings (SSSR count). The fourth-order valence-corrected chi connectivity index (χ4v) is 3.59. The van der Waals surface area contributed by atoms with Gasteiger partial charge in [-0.2, -0.15) is 0 Å². The van der Waals surface area contributed by atoms with Crippen LogP contribution in [0.25, 0.3) is 10.1 Å². The lowest BCUT2D eigenvalue weighted by Crippen LogP contribution is -2.02. The standard InChI is InChI=1S/C16H16O3S/c17-12-7-10(14(19)9-12)5-6-13(18)16-8-11-3-1-2-4-15(11)20-16/h1-6,8,10,12-13,17-18H,7,9H2/b6-5+/t10-,12-,13-/m1/s1. The van der Waals surface area contributed by atoms with Gasteiger partial charge in [0.25, 0.3) is 0 Å². The van der Waals surface area contributed by atoms with Gasteiger partial charge in [0.2, 0.25) is 0 Å². The molecule has 1 aromatic heterocycles. The lowest BCUT2D eigenvalue weighted by molar-refractivity contribution is -0.119. The smallest absolute Gasteiger partial charge is 0.142 e. The van der Waals surface area contributed by atoms with Crippen LogP contribution in [0.15, 0.2) is 42.5 Å². The second kappa shape index (κ2) is 5.48. The Morgan fingerprint density at radius 3 is 2.85 bits per heavy atom. The summed E-state index contributed by atoms with van der Waals surface area (Å²) in [5, 5.41) is 20.7. The lowest BCUT2D eigenvalue weighted by Gasteiger charge is -2.04. The second-order valence-corrected chi connectivity index (χ2v) is 6.30. The Morgan fingerprint density at radius 1 is 1.35 bits per heavy atom. The minimum Gasteiger partial charge on any atom is -0.393 e. The molecule has 4 heteroatoms. The normalized spacial score (nSPS) is 24.8. The summed E-state index contributed by atoms with van der Waals surface area (Å²) in [6, 6.07) is 9.96. The Kier molecular flexibility index (Phi) is 3.70. The molecular weight excluding hydrogens is 272 g/mol. The summed E-state index contributed by atoms with van der Waals surface area (Å²) in [6.07, 6.45) is 2.86. The van der Waals surface area contributed by atoms with E-state index in [4.69, 9.17) is 0 Å². The molecule has 3 nitrogen and oxygen atoms in total. The van der Waals surface area contributed by atoms with Crippen molar-refractivity contribution >= 4 is 27.2 Å². The molecule has 1 saturated carbocycles. The van der Waals surface area contributed by atoms with E-state index in [0.29, 0.717) is 6.42 Å². The number of ketones is 1. The Bertz CT molecular complexity index is 626. The topological polar surface area (TPSA) is 57.5 Å². The number of Topliss-reactive ketones (excluding diaryl/α,β-unsaturated/α-hetero) is 1. The van der Waals surface area contributed by atoms with Gasteiger partial charge >= 0.3 is 0 Å². The lowest BCUT2D eigenvalue weighted by atomic mass is 10.1. The number of aliphatic hydroxyl groups is 2. The fraction of sp³-hybridized carbons (Fsp3) is 0.312. The van der Waals surface area contributed by atoms with Crippen molar-refractivity contribution in [2.45, 2.75) is 25.0 Å². The number of hydrogen-bond donors (Lipinski definition) is 2. The van der Waals surface area contributed by atoms with E-state index >= 15 is 0 Å². The monoisotopic (exact) mass is 288 g/mol. The molecule has 1 fully saturated rings. The molecule has 0 radical (unpaired) electrons. The number of carbonyl (C=O) groups excluding carboxylic acids is 1. The number of hydrogen-bond acceptors (Lipinski definition) is 4. The summed E-state index contributed by atoms with van der Waals surface area (Å²) in [5.41, 5.74) is 0. The number of allylic oxidation sites excluding steroid dienone is 1. The molecule has 1 heterocycles. The average Bonchev–Trinajstić information content (AvgIpc) is 2.99. The van der Waals surface area contributed by atoms with Crippen LogP contribution in [-0.2, 0) is 4.79 Å². The highest BCUT2D eigenvalue weighted by Gasteiger charge is 2.29. The SMILES string of the molecule is O=C1C[C@H](O)C[C@H]1/C=C/[C@@H](O)c1cc2ccccc2s1. The molecule has 1 aliphatic carbocycles. The van der Waals surface area contributed by atoms with Gasteiger partial charge in [0.15, 0.2) is 0 Å². The van der Waals surface area contributed by atoms with E-state index in [9.17, 15) is 15.0 Å². The summed E-state index contributed by atoms with van der Waals surface area (Å²) in [6.45, 7) is 0. The minimum absolute atomic E-state index is 0.0530. The molecule has 3 atom stereocenters. The predicted molar refractivity (Wildman–Crippen MR) is 79.7 cm³/mol. The van der Waals surface area contributed by atoms with Crippen LogP contribution in [-0.4, -0.2) is 22.1 Å². The van der Waals surface area contributed by atoms with Crippen LogP contribution in [0.4, 0.5) is 0 Å². The molecular formula is C16H16O3S. The molecule has 0 unspecified atom stereocenters. The van der Waals surface area contributed by atoms with Crippen LogP contribution < -0.4 is 0 Å². The zero-order chi connectivity index (χ0) is 14.1. The first kappa shape index (κ1) is 13.5. The highest BCUT2D eigenvalue weighted by atomic mass is 32.1. The Balaban J connectivity index is 1.75. The van der Waals surface area contributed by atoms with Gasteiger partial charge in [0, 0.05) is 21.9 Å². The van der Waals surface area contributed by atoms with Crippen molar-refractivity contribution in [3.63, 3.8) is 0 Å². The highest BCUT2D eigenvalue weighted by Crippen LogP contribution is 2.31. The maximum absolute atomic E-state index is 11.6. The van der Waals surface area contributed by atoms with Crippen molar-refractivity contribution in [2.75, 3.05) is 0 Å². The molecule has 0 spiro atoms. The summed E-state index contributed by atoms with van der Waals surface area (Å²) >= 11 is 1.55. The van der Waals surface area contributed by atoms with E-state index in [1.165, 1.54) is 0 Å². The third-order valence-corrected chi connectivity index (χ3v) is 4.82. The number of benzene rings is 1. The maximum Gasteiger partial charge on any atom is 0.142 e. The molecule has 0 bridgehead atoms. The van der Waals surface area contributed by atoms with Crippen molar-refractivity contribution in [3.8, 4) is 0 Å². The molecule has 1 aromatic carbocycles. The fourth-order valence-electron chi connectivity index (χ4n) is 2.56. The second-order valence-electron chi connectivity index (χ2n) is 5.18. The van der Waals surface area contributed by atoms with Crippen molar-refractivity contribution < 1.29 is 15.0 Å². The van der Waals surface area contributed by atoms with E-state index in [1.54, 1.807) is 23.5 Å². The van der Waals surface area contributed by atoms with Crippen molar-refractivity contribution in [1.29, 1.82) is 0 Å². The third-order valence-electron chi connectivity index (χ3n) is 3.64. The molecule has 0 amide bonds. The Labute approximate surface area is 121 Å². The van der Waals surface area contributed by atoms with Gasteiger partial charge in [-0.05, 0) is 23.9 Å². The number of fused-ring (bicyclic) bond motifs is 1. The Hall–Kier alpha value is -1.49. The average molecular weight is 288 g/mol. The molecule has 0 saturated heterocycles. The number of aliphatic hydroxyl groups excluding tert-OH is 2. The molecule has 104 valence electrons. The summed E-state index contributed by atoms with van der Waals surface area (Å²) in [7, 11) is 0. The van der Waals surface area contributed by atoms with Gasteiger partial charge in [0.05, 0.1) is 6.10 Å². The van der Waals surface area contributed by atoms with Crippen LogP contribution in [0, 0.1) is 5.92 Å². The van der Waals surface area contributed by atoms with Gasteiger partial charge in [-0.3, -0.25) is 4.79 Å². The summed E-state index contributed by atoms with van der Waals surface area (Å²) in [5.74, 6) is -0.202. The van der Waals surface area contributed by atoms with E-state index in [0.717, 1.165) is 15.0 Å². The molecule has 20 heavy (non-hydrogen) atoms. The first-order chi connectivity index (χ1) is 9.63. The minimum atomic E-state index is -0.696.